The second-order valence-electron chi connectivity index (χ2n) is 6.79. The molecule has 1 saturated heterocycles. The molecule has 0 saturated carbocycles. The maximum atomic E-state index is 13.5. The monoisotopic (exact) mass is 386 g/mol. The number of fused-ring (bicyclic) bond motifs is 1. The lowest BCUT2D eigenvalue weighted by Gasteiger charge is -2.31. The Morgan fingerprint density at radius 2 is 1.86 bits per heavy atom. The molecular weight excluding hydrogens is 369 g/mol. The van der Waals surface area contributed by atoms with E-state index in [4.69, 9.17) is 5.73 Å². The third-order valence-corrected chi connectivity index (χ3v) is 5.08. The van der Waals surface area contributed by atoms with Gasteiger partial charge in [0.15, 0.2) is 0 Å². The van der Waals surface area contributed by atoms with E-state index in [-0.39, 0.29) is 18.5 Å². The minimum absolute atomic E-state index is 0.0248. The Balaban J connectivity index is 1.93. The number of halogens is 3. The number of primary amides is 1. The van der Waals surface area contributed by atoms with Crippen molar-refractivity contribution in [1.29, 1.82) is 0 Å². The molecular formula is C20H17F3N4O. The van der Waals surface area contributed by atoms with Gasteiger partial charge in [0, 0.05) is 34.1 Å². The second-order valence-corrected chi connectivity index (χ2v) is 6.79. The van der Waals surface area contributed by atoms with E-state index in [9.17, 15) is 18.0 Å². The summed E-state index contributed by atoms with van der Waals surface area (Å²) in [5.74, 6) is -0.687. The van der Waals surface area contributed by atoms with Gasteiger partial charge in [0.25, 0.3) is 0 Å². The Morgan fingerprint density at radius 1 is 1.11 bits per heavy atom. The molecule has 28 heavy (non-hydrogen) atoms. The first-order valence-corrected chi connectivity index (χ1v) is 8.83. The van der Waals surface area contributed by atoms with Crippen LogP contribution in [0.2, 0.25) is 0 Å². The number of carbonyl (C=O) groups is 1. The predicted molar refractivity (Wildman–Crippen MR) is 99.9 cm³/mol. The minimum Gasteiger partial charge on any atom is -0.366 e. The summed E-state index contributed by atoms with van der Waals surface area (Å²) < 4.78 is 40.6. The Morgan fingerprint density at radius 3 is 2.57 bits per heavy atom. The standard InChI is InChI=1S/C20H17F3N4O/c21-20(22,23)17-5-2-8-27(17)16-4-1-3-15(19(24)28)18(16)12-6-7-13-10-25-26-11-14(13)9-12/h1,3-4,6-7,9-11,17H,2,5,8H2,(H2,24,28). The van der Waals surface area contributed by atoms with Gasteiger partial charge >= 0.3 is 6.18 Å². The number of aromatic nitrogens is 2. The predicted octanol–water partition coefficient (Wildman–Crippen LogP) is 3.93. The van der Waals surface area contributed by atoms with Crippen molar-refractivity contribution in [2.45, 2.75) is 25.1 Å². The van der Waals surface area contributed by atoms with Crippen LogP contribution in [0.4, 0.5) is 18.9 Å². The SMILES string of the molecule is NC(=O)c1cccc(N2CCCC2C(F)(F)F)c1-c1ccc2cnncc2c1. The van der Waals surface area contributed by atoms with Crippen LogP contribution in [0.1, 0.15) is 23.2 Å². The highest BCUT2D eigenvalue weighted by Gasteiger charge is 2.46. The Labute approximate surface area is 159 Å². The van der Waals surface area contributed by atoms with Crippen LogP contribution in [0.15, 0.2) is 48.8 Å². The number of nitrogens with two attached hydrogens (primary N) is 1. The molecule has 2 aromatic carbocycles. The fraction of sp³-hybridized carbons (Fsp3) is 0.250. The number of nitrogens with zero attached hydrogens (tertiary/aromatic N) is 3. The molecule has 5 nitrogen and oxygen atoms in total. The molecule has 1 aromatic heterocycles. The molecule has 2 N–H and O–H groups in total. The average Bonchev–Trinajstić information content (AvgIpc) is 3.17. The molecule has 0 spiro atoms. The van der Waals surface area contributed by atoms with Gasteiger partial charge < -0.3 is 10.6 Å². The summed E-state index contributed by atoms with van der Waals surface area (Å²) in [6, 6.07) is 8.47. The summed E-state index contributed by atoms with van der Waals surface area (Å²) in [4.78, 5) is 13.4. The van der Waals surface area contributed by atoms with Crippen molar-refractivity contribution in [2.24, 2.45) is 5.73 Å². The van der Waals surface area contributed by atoms with Crippen LogP contribution in [-0.2, 0) is 0 Å². The summed E-state index contributed by atoms with van der Waals surface area (Å²) in [5, 5.41) is 9.28. The molecule has 4 rings (SSSR count). The maximum Gasteiger partial charge on any atom is 0.408 e. The highest BCUT2D eigenvalue weighted by Crippen LogP contribution is 2.42. The molecule has 1 atom stereocenters. The van der Waals surface area contributed by atoms with E-state index in [0.29, 0.717) is 23.2 Å². The first kappa shape index (κ1) is 18.2. The minimum atomic E-state index is -4.35. The van der Waals surface area contributed by atoms with E-state index in [0.717, 1.165) is 10.8 Å². The fourth-order valence-electron chi connectivity index (χ4n) is 3.83. The highest BCUT2D eigenvalue weighted by molar-refractivity contribution is 6.04. The fourth-order valence-corrected chi connectivity index (χ4v) is 3.83. The Hall–Kier alpha value is -3.16. The molecule has 3 aromatic rings. The van der Waals surface area contributed by atoms with Crippen LogP contribution in [0.3, 0.4) is 0 Å². The Bertz CT molecular complexity index is 1050. The first-order chi connectivity index (χ1) is 13.4. The average molecular weight is 386 g/mol. The second kappa shape index (κ2) is 6.78. The zero-order valence-corrected chi connectivity index (χ0v) is 14.8. The van der Waals surface area contributed by atoms with E-state index in [1.54, 1.807) is 42.7 Å². The van der Waals surface area contributed by atoms with E-state index in [1.807, 2.05) is 0 Å². The largest absolute Gasteiger partial charge is 0.408 e. The van der Waals surface area contributed by atoms with E-state index >= 15 is 0 Å². The topological polar surface area (TPSA) is 72.1 Å². The number of hydrogen-bond donors (Lipinski definition) is 1. The van der Waals surface area contributed by atoms with Gasteiger partial charge in [-0.25, -0.2) is 0 Å². The molecule has 2 heterocycles. The van der Waals surface area contributed by atoms with Crippen molar-refractivity contribution < 1.29 is 18.0 Å². The van der Waals surface area contributed by atoms with Crippen LogP contribution in [0.25, 0.3) is 21.9 Å². The lowest BCUT2D eigenvalue weighted by Crippen LogP contribution is -2.41. The number of hydrogen-bond acceptors (Lipinski definition) is 4. The molecule has 0 radical (unpaired) electrons. The third kappa shape index (κ3) is 3.15. The molecule has 8 heteroatoms. The van der Waals surface area contributed by atoms with Crippen LogP contribution < -0.4 is 10.6 Å². The van der Waals surface area contributed by atoms with E-state index in [2.05, 4.69) is 10.2 Å². The quantitative estimate of drug-likeness (QED) is 0.740. The summed E-state index contributed by atoms with van der Waals surface area (Å²) in [6.45, 7) is 0.262. The molecule has 0 bridgehead atoms. The zero-order valence-electron chi connectivity index (χ0n) is 14.8. The van der Waals surface area contributed by atoms with Gasteiger partial charge in [0.1, 0.15) is 6.04 Å². The van der Waals surface area contributed by atoms with E-state index in [1.165, 1.54) is 11.0 Å². The van der Waals surface area contributed by atoms with Crippen molar-refractivity contribution in [3.05, 3.63) is 54.4 Å². The number of amides is 1. The molecule has 1 unspecified atom stereocenters. The Kier molecular flexibility index (Phi) is 4.41. The van der Waals surface area contributed by atoms with Crippen LogP contribution in [0, 0.1) is 0 Å². The van der Waals surface area contributed by atoms with Crippen molar-refractivity contribution in [1.82, 2.24) is 10.2 Å². The van der Waals surface area contributed by atoms with Gasteiger partial charge in [0.2, 0.25) is 5.91 Å². The maximum absolute atomic E-state index is 13.5. The van der Waals surface area contributed by atoms with Crippen molar-refractivity contribution in [3.63, 3.8) is 0 Å². The molecule has 1 aliphatic rings. The van der Waals surface area contributed by atoms with Gasteiger partial charge in [-0.2, -0.15) is 23.4 Å². The first-order valence-electron chi connectivity index (χ1n) is 8.83. The van der Waals surface area contributed by atoms with Gasteiger partial charge in [-0.1, -0.05) is 18.2 Å². The molecule has 144 valence electrons. The third-order valence-electron chi connectivity index (χ3n) is 5.08. The lowest BCUT2D eigenvalue weighted by molar-refractivity contribution is -0.145. The van der Waals surface area contributed by atoms with Crippen molar-refractivity contribution in [2.75, 3.05) is 11.4 Å². The van der Waals surface area contributed by atoms with Crippen LogP contribution in [0.5, 0.6) is 0 Å². The lowest BCUT2D eigenvalue weighted by atomic mass is 9.94. The van der Waals surface area contributed by atoms with Crippen LogP contribution in [-0.4, -0.2) is 34.9 Å². The van der Waals surface area contributed by atoms with Gasteiger partial charge in [-0.3, -0.25) is 4.79 Å². The van der Waals surface area contributed by atoms with Crippen molar-refractivity contribution >= 4 is 22.4 Å². The number of carbonyl (C=O) groups excluding carboxylic acids is 1. The number of alkyl halides is 3. The summed E-state index contributed by atoms with van der Waals surface area (Å²) in [6.07, 6.45) is -0.732. The van der Waals surface area contributed by atoms with Gasteiger partial charge in [0.05, 0.1) is 12.4 Å². The summed E-state index contributed by atoms with van der Waals surface area (Å²) in [7, 11) is 0. The highest BCUT2D eigenvalue weighted by atomic mass is 19.4. The molecule has 1 amide bonds. The summed E-state index contributed by atoms with van der Waals surface area (Å²) in [5.41, 5.74) is 7.11. The zero-order chi connectivity index (χ0) is 19.9. The van der Waals surface area contributed by atoms with Gasteiger partial charge in [-0.05, 0) is 36.6 Å². The number of benzene rings is 2. The van der Waals surface area contributed by atoms with E-state index < -0.39 is 18.1 Å². The smallest absolute Gasteiger partial charge is 0.366 e. The molecule has 1 aliphatic heterocycles. The molecule has 0 aliphatic carbocycles. The number of anilines is 1. The molecule has 1 fully saturated rings. The van der Waals surface area contributed by atoms with Crippen molar-refractivity contribution in [3.8, 4) is 11.1 Å². The normalized spacial score (nSPS) is 17.2. The number of rotatable bonds is 3. The van der Waals surface area contributed by atoms with Crippen LogP contribution >= 0.6 is 0 Å². The summed E-state index contributed by atoms with van der Waals surface area (Å²) >= 11 is 0. The van der Waals surface area contributed by atoms with Gasteiger partial charge in [-0.15, -0.1) is 0 Å².